The van der Waals surface area contributed by atoms with Gasteiger partial charge in [-0.05, 0) is 42.8 Å². The van der Waals surface area contributed by atoms with Crippen molar-refractivity contribution in [2.24, 2.45) is 11.3 Å². The lowest BCUT2D eigenvalue weighted by Gasteiger charge is -2.51. The van der Waals surface area contributed by atoms with E-state index in [1.807, 2.05) is 0 Å². The van der Waals surface area contributed by atoms with Crippen LogP contribution < -0.4 is 0 Å². The molecule has 3 fully saturated rings. The number of carbonyl (C=O) groups is 1. The molecule has 0 aromatic carbocycles. The molecule has 0 amide bonds. The van der Waals surface area contributed by atoms with Gasteiger partial charge >= 0.3 is 0 Å². The van der Waals surface area contributed by atoms with Gasteiger partial charge < -0.3 is 4.43 Å². The molecule has 0 aromatic rings. The van der Waals surface area contributed by atoms with Crippen LogP contribution in [0.1, 0.15) is 53.4 Å². The van der Waals surface area contributed by atoms with Crippen LogP contribution in [0.2, 0.25) is 18.1 Å². The van der Waals surface area contributed by atoms with Gasteiger partial charge in [-0.25, -0.2) is 0 Å². The summed E-state index contributed by atoms with van der Waals surface area (Å²) in [5, 5.41) is 0.230. The van der Waals surface area contributed by atoms with E-state index in [0.717, 1.165) is 19.3 Å². The number of Topliss-reactive ketones (excluding diaryl/α,β-unsaturated/α-hetero) is 1. The van der Waals surface area contributed by atoms with Crippen molar-refractivity contribution in [3.8, 4) is 0 Å². The SMILES string of the molecule is CC12CCC(C(=O)C1)[C@@H](O[Si](C)(C)C(C)(C)C)C2. The van der Waals surface area contributed by atoms with Gasteiger partial charge in [0, 0.05) is 12.3 Å². The highest BCUT2D eigenvalue weighted by molar-refractivity contribution is 6.74. The Morgan fingerprint density at radius 3 is 2.39 bits per heavy atom. The molecule has 3 atom stereocenters. The van der Waals surface area contributed by atoms with Gasteiger partial charge in [0.25, 0.3) is 0 Å². The van der Waals surface area contributed by atoms with Crippen molar-refractivity contribution in [1.82, 2.24) is 0 Å². The van der Waals surface area contributed by atoms with E-state index < -0.39 is 8.32 Å². The molecule has 2 bridgehead atoms. The van der Waals surface area contributed by atoms with Crippen LogP contribution in [0.3, 0.4) is 0 Å². The molecule has 18 heavy (non-hydrogen) atoms. The lowest BCUT2D eigenvalue weighted by atomic mass is 9.60. The summed E-state index contributed by atoms with van der Waals surface area (Å²) in [6, 6.07) is 0. The Morgan fingerprint density at radius 2 is 1.94 bits per heavy atom. The van der Waals surface area contributed by atoms with E-state index in [-0.39, 0.29) is 22.5 Å². The van der Waals surface area contributed by atoms with Gasteiger partial charge in [0.2, 0.25) is 0 Å². The van der Waals surface area contributed by atoms with Gasteiger partial charge in [0.1, 0.15) is 5.78 Å². The largest absolute Gasteiger partial charge is 0.413 e. The molecule has 0 aliphatic heterocycles. The Hall–Kier alpha value is -0.153. The number of carbonyl (C=O) groups excluding carboxylic acids is 1. The van der Waals surface area contributed by atoms with Crippen LogP contribution in [0.4, 0.5) is 0 Å². The van der Waals surface area contributed by atoms with Crippen LogP contribution in [0.25, 0.3) is 0 Å². The highest BCUT2D eigenvalue weighted by Gasteiger charge is 2.51. The summed E-state index contributed by atoms with van der Waals surface area (Å²) >= 11 is 0. The number of rotatable bonds is 2. The minimum Gasteiger partial charge on any atom is -0.413 e. The Labute approximate surface area is 113 Å². The number of fused-ring (bicyclic) bond motifs is 3. The zero-order chi connectivity index (χ0) is 13.8. The maximum absolute atomic E-state index is 12.1. The van der Waals surface area contributed by atoms with Crippen LogP contribution in [0, 0.1) is 11.3 Å². The molecular weight excluding hydrogens is 240 g/mol. The number of ketones is 1. The second-order valence-electron chi connectivity index (χ2n) is 8.22. The van der Waals surface area contributed by atoms with Crippen molar-refractivity contribution in [3.05, 3.63) is 0 Å². The molecule has 0 radical (unpaired) electrons. The molecule has 2 nitrogen and oxygen atoms in total. The Balaban J connectivity index is 2.14. The molecule has 2 unspecified atom stereocenters. The van der Waals surface area contributed by atoms with Crippen molar-refractivity contribution < 1.29 is 9.22 Å². The predicted molar refractivity (Wildman–Crippen MR) is 77.1 cm³/mol. The summed E-state index contributed by atoms with van der Waals surface area (Å²) in [5.74, 6) is 0.652. The van der Waals surface area contributed by atoms with Crippen LogP contribution in [0.5, 0.6) is 0 Å². The van der Waals surface area contributed by atoms with E-state index in [1.54, 1.807) is 0 Å². The van der Waals surface area contributed by atoms with E-state index in [2.05, 4.69) is 40.8 Å². The third-order valence-electron chi connectivity index (χ3n) is 5.47. The molecular formula is C15H28O2Si. The highest BCUT2D eigenvalue weighted by Crippen LogP contribution is 2.51. The smallest absolute Gasteiger partial charge is 0.192 e. The number of hydrogen-bond donors (Lipinski definition) is 0. The molecule has 3 aliphatic rings. The zero-order valence-electron chi connectivity index (χ0n) is 12.8. The first kappa shape index (κ1) is 14.3. The molecule has 0 N–H and O–H groups in total. The Morgan fingerprint density at radius 1 is 1.33 bits per heavy atom. The van der Waals surface area contributed by atoms with Gasteiger partial charge in [-0.15, -0.1) is 0 Å². The van der Waals surface area contributed by atoms with Gasteiger partial charge in [-0.3, -0.25) is 4.79 Å². The fourth-order valence-corrected chi connectivity index (χ4v) is 4.54. The first-order valence-electron chi connectivity index (χ1n) is 7.25. The summed E-state index contributed by atoms with van der Waals surface area (Å²) in [5.41, 5.74) is 0.221. The van der Waals surface area contributed by atoms with Gasteiger partial charge in [0.05, 0.1) is 6.10 Å². The van der Waals surface area contributed by atoms with E-state index in [9.17, 15) is 4.79 Å². The lowest BCUT2D eigenvalue weighted by molar-refractivity contribution is -0.141. The van der Waals surface area contributed by atoms with E-state index in [1.165, 1.54) is 6.42 Å². The van der Waals surface area contributed by atoms with Crippen molar-refractivity contribution >= 4 is 14.1 Å². The van der Waals surface area contributed by atoms with E-state index in [4.69, 9.17) is 4.43 Å². The monoisotopic (exact) mass is 268 g/mol. The molecule has 0 heterocycles. The molecule has 3 rings (SSSR count). The summed E-state index contributed by atoms with van der Waals surface area (Å²) in [6.45, 7) is 13.7. The molecule has 0 aromatic heterocycles. The second kappa shape index (κ2) is 4.17. The molecule has 104 valence electrons. The Bertz CT molecular complexity index is 356. The van der Waals surface area contributed by atoms with Gasteiger partial charge in [0.15, 0.2) is 8.32 Å². The zero-order valence-corrected chi connectivity index (χ0v) is 13.8. The van der Waals surface area contributed by atoms with Crippen LogP contribution in [0.15, 0.2) is 0 Å². The minimum atomic E-state index is -1.74. The third-order valence-corrected chi connectivity index (χ3v) is 9.97. The summed E-state index contributed by atoms with van der Waals surface area (Å²) in [4.78, 5) is 12.1. The predicted octanol–water partition coefficient (Wildman–Crippen LogP) is 4.16. The highest BCUT2D eigenvalue weighted by atomic mass is 28.4. The fraction of sp³-hybridized carbons (Fsp3) is 0.933. The average molecular weight is 268 g/mol. The quantitative estimate of drug-likeness (QED) is 0.703. The molecule has 0 saturated heterocycles. The maximum Gasteiger partial charge on any atom is 0.192 e. The minimum absolute atomic E-state index is 0.195. The van der Waals surface area contributed by atoms with Crippen molar-refractivity contribution in [2.45, 2.75) is 77.6 Å². The second-order valence-corrected chi connectivity index (χ2v) is 13.0. The summed E-state index contributed by atoms with van der Waals surface area (Å²) in [6.07, 6.45) is 4.34. The van der Waals surface area contributed by atoms with E-state index >= 15 is 0 Å². The standard InChI is InChI=1S/C15H28O2Si/c1-14(2,3)18(5,6)17-13-10-15(4)8-7-11(13)12(16)9-15/h11,13H,7-10H2,1-6H3/t11?,13-,15?/m0/s1. The van der Waals surface area contributed by atoms with Crippen molar-refractivity contribution in [1.29, 1.82) is 0 Å². The van der Waals surface area contributed by atoms with Crippen LogP contribution in [-0.4, -0.2) is 20.2 Å². The molecule has 3 saturated carbocycles. The topological polar surface area (TPSA) is 26.3 Å². The van der Waals surface area contributed by atoms with Gasteiger partial charge in [-0.1, -0.05) is 27.7 Å². The first-order chi connectivity index (χ1) is 8.04. The molecule has 3 aliphatic carbocycles. The van der Waals surface area contributed by atoms with Crippen LogP contribution in [-0.2, 0) is 9.22 Å². The van der Waals surface area contributed by atoms with Crippen LogP contribution >= 0.6 is 0 Å². The summed E-state index contributed by atoms with van der Waals surface area (Å²) in [7, 11) is -1.74. The van der Waals surface area contributed by atoms with Gasteiger partial charge in [-0.2, -0.15) is 0 Å². The summed E-state index contributed by atoms with van der Waals surface area (Å²) < 4.78 is 6.53. The first-order valence-corrected chi connectivity index (χ1v) is 10.2. The fourth-order valence-electron chi connectivity index (χ4n) is 3.18. The Kier molecular flexibility index (Phi) is 3.30. The van der Waals surface area contributed by atoms with Crippen molar-refractivity contribution in [3.63, 3.8) is 0 Å². The molecule has 3 heteroatoms. The third kappa shape index (κ3) is 2.44. The van der Waals surface area contributed by atoms with Crippen molar-refractivity contribution in [2.75, 3.05) is 0 Å². The maximum atomic E-state index is 12.1. The number of hydrogen-bond acceptors (Lipinski definition) is 2. The molecule has 0 spiro atoms. The lowest BCUT2D eigenvalue weighted by Crippen LogP contribution is -2.54. The van der Waals surface area contributed by atoms with E-state index in [0.29, 0.717) is 5.78 Å². The normalized spacial score (nSPS) is 37.1. The average Bonchev–Trinajstić information content (AvgIpc) is 2.12.